The first kappa shape index (κ1) is 10.7. The zero-order valence-corrected chi connectivity index (χ0v) is 9.20. The maximum atomic E-state index is 6.03. The largest absolute Gasteiger partial charge is 0.373 e. The Balaban J connectivity index is 1.78. The number of fused-ring (bicyclic) bond motifs is 1. The van der Waals surface area contributed by atoms with Crippen molar-refractivity contribution in [2.24, 2.45) is 0 Å². The Bertz CT molecular complexity index is 188. The topological polar surface area (TPSA) is 27.7 Å². The first-order valence-electron chi connectivity index (χ1n) is 5.31. The monoisotopic (exact) mass is 220 g/mol. The van der Waals surface area contributed by atoms with Crippen LogP contribution in [-0.2, 0) is 14.2 Å². The minimum atomic E-state index is -0.000208. The Morgan fingerprint density at radius 2 is 2.07 bits per heavy atom. The third-order valence-corrected chi connectivity index (χ3v) is 3.15. The van der Waals surface area contributed by atoms with E-state index in [4.69, 9.17) is 25.8 Å². The van der Waals surface area contributed by atoms with Crippen molar-refractivity contribution >= 4 is 11.6 Å². The summed E-state index contributed by atoms with van der Waals surface area (Å²) >= 11 is 6.03. The third-order valence-electron chi connectivity index (χ3n) is 2.78. The average Bonchev–Trinajstić information content (AvgIpc) is 2.72. The minimum Gasteiger partial charge on any atom is -0.373 e. The summed E-state index contributed by atoms with van der Waals surface area (Å²) in [5.74, 6) is 0. The molecule has 0 spiro atoms. The highest BCUT2D eigenvalue weighted by molar-refractivity contribution is 6.21. The summed E-state index contributed by atoms with van der Waals surface area (Å²) in [5.41, 5.74) is 0. The fourth-order valence-electron chi connectivity index (χ4n) is 1.94. The van der Waals surface area contributed by atoms with E-state index in [2.05, 4.69) is 6.92 Å². The fraction of sp³-hybridized carbons (Fsp3) is 1.00. The number of unbranched alkanes of at least 4 members (excludes halogenated alkanes) is 1. The van der Waals surface area contributed by atoms with Gasteiger partial charge in [0.1, 0.15) is 18.3 Å². The van der Waals surface area contributed by atoms with Crippen molar-refractivity contribution < 1.29 is 14.2 Å². The van der Waals surface area contributed by atoms with Crippen molar-refractivity contribution in [2.45, 2.75) is 43.5 Å². The van der Waals surface area contributed by atoms with Crippen LogP contribution in [0.5, 0.6) is 0 Å². The van der Waals surface area contributed by atoms with E-state index >= 15 is 0 Å². The summed E-state index contributed by atoms with van der Waals surface area (Å²) in [6.45, 7) is 4.16. The number of halogens is 1. The normalized spacial score (nSPS) is 41.6. The van der Waals surface area contributed by atoms with Gasteiger partial charge < -0.3 is 14.2 Å². The predicted molar refractivity (Wildman–Crippen MR) is 53.8 cm³/mol. The molecule has 4 atom stereocenters. The van der Waals surface area contributed by atoms with Crippen LogP contribution in [0.1, 0.15) is 19.8 Å². The lowest BCUT2D eigenvalue weighted by molar-refractivity contribution is -0.0314. The van der Waals surface area contributed by atoms with Crippen molar-refractivity contribution in [3.63, 3.8) is 0 Å². The van der Waals surface area contributed by atoms with Gasteiger partial charge in [0.25, 0.3) is 0 Å². The fourth-order valence-corrected chi connectivity index (χ4v) is 2.23. The summed E-state index contributed by atoms with van der Waals surface area (Å²) in [7, 11) is 0. The molecule has 82 valence electrons. The quantitative estimate of drug-likeness (QED) is 0.532. The molecule has 0 saturated carbocycles. The lowest BCUT2D eigenvalue weighted by Crippen LogP contribution is -2.31. The van der Waals surface area contributed by atoms with E-state index < -0.39 is 0 Å². The van der Waals surface area contributed by atoms with Gasteiger partial charge in [-0.05, 0) is 6.42 Å². The highest BCUT2D eigenvalue weighted by atomic mass is 35.5. The van der Waals surface area contributed by atoms with Crippen LogP contribution in [0, 0.1) is 0 Å². The Labute approximate surface area is 89.7 Å². The van der Waals surface area contributed by atoms with Gasteiger partial charge in [0, 0.05) is 6.61 Å². The molecule has 2 fully saturated rings. The van der Waals surface area contributed by atoms with Crippen LogP contribution in [-0.4, -0.2) is 43.5 Å². The average molecular weight is 221 g/mol. The van der Waals surface area contributed by atoms with E-state index in [0.29, 0.717) is 13.2 Å². The Kier molecular flexibility index (Phi) is 3.66. The van der Waals surface area contributed by atoms with E-state index in [9.17, 15) is 0 Å². The molecule has 0 N–H and O–H groups in total. The van der Waals surface area contributed by atoms with Gasteiger partial charge in [-0.1, -0.05) is 13.3 Å². The standard InChI is InChI=1S/C10H17ClO3/c1-2-3-4-12-8-6-14-9-7(11)5-13-10(8)9/h7-10H,2-6H2,1H3/t7-,8+,9+,10+/m0/s1. The summed E-state index contributed by atoms with van der Waals surface area (Å²) < 4.78 is 16.8. The molecule has 2 saturated heterocycles. The molecular formula is C10H17ClO3. The summed E-state index contributed by atoms with van der Waals surface area (Å²) in [5, 5.41) is -0.000208. The van der Waals surface area contributed by atoms with Gasteiger partial charge in [-0.2, -0.15) is 0 Å². The number of rotatable bonds is 4. The summed E-state index contributed by atoms with van der Waals surface area (Å²) in [6, 6.07) is 0. The van der Waals surface area contributed by atoms with Gasteiger partial charge in [-0.15, -0.1) is 11.6 Å². The molecule has 0 bridgehead atoms. The first-order chi connectivity index (χ1) is 6.83. The summed E-state index contributed by atoms with van der Waals surface area (Å²) in [6.07, 6.45) is 2.45. The molecule has 0 aromatic rings. The van der Waals surface area contributed by atoms with Gasteiger partial charge in [0.2, 0.25) is 0 Å². The van der Waals surface area contributed by atoms with Crippen LogP contribution < -0.4 is 0 Å². The van der Waals surface area contributed by atoms with Crippen LogP contribution in [0.15, 0.2) is 0 Å². The summed E-state index contributed by atoms with van der Waals surface area (Å²) in [4.78, 5) is 0. The Hall–Kier alpha value is 0.170. The second-order valence-corrected chi connectivity index (χ2v) is 4.44. The number of ether oxygens (including phenoxy) is 3. The Morgan fingerprint density at radius 1 is 1.29 bits per heavy atom. The Morgan fingerprint density at radius 3 is 2.86 bits per heavy atom. The van der Waals surface area contributed by atoms with Crippen molar-refractivity contribution in [3.8, 4) is 0 Å². The molecule has 0 amide bonds. The zero-order valence-electron chi connectivity index (χ0n) is 8.45. The van der Waals surface area contributed by atoms with E-state index in [1.54, 1.807) is 0 Å². The minimum absolute atomic E-state index is 0.000208. The molecule has 3 nitrogen and oxygen atoms in total. The molecule has 0 radical (unpaired) electrons. The lowest BCUT2D eigenvalue weighted by Gasteiger charge is -2.16. The maximum Gasteiger partial charge on any atom is 0.114 e. The first-order valence-corrected chi connectivity index (χ1v) is 5.75. The molecule has 2 rings (SSSR count). The second-order valence-electron chi connectivity index (χ2n) is 3.87. The molecule has 2 aliphatic heterocycles. The molecule has 14 heavy (non-hydrogen) atoms. The lowest BCUT2D eigenvalue weighted by atomic mass is 10.1. The van der Waals surface area contributed by atoms with Crippen LogP contribution in [0.25, 0.3) is 0 Å². The van der Waals surface area contributed by atoms with Gasteiger partial charge in [0.15, 0.2) is 0 Å². The van der Waals surface area contributed by atoms with Crippen molar-refractivity contribution in [1.29, 1.82) is 0 Å². The smallest absolute Gasteiger partial charge is 0.114 e. The highest BCUT2D eigenvalue weighted by Gasteiger charge is 2.47. The van der Waals surface area contributed by atoms with Crippen molar-refractivity contribution in [1.82, 2.24) is 0 Å². The number of hydrogen-bond donors (Lipinski definition) is 0. The molecular weight excluding hydrogens is 204 g/mol. The molecule has 4 heteroatoms. The number of alkyl halides is 1. The SMILES string of the molecule is CCCCO[C@@H]1CO[C@H]2[C@@H]1OC[C@@H]2Cl. The van der Waals surface area contributed by atoms with E-state index in [1.165, 1.54) is 0 Å². The maximum absolute atomic E-state index is 6.03. The zero-order chi connectivity index (χ0) is 9.97. The predicted octanol–water partition coefficient (Wildman–Crippen LogP) is 1.58. The molecule has 0 aliphatic carbocycles. The van der Waals surface area contributed by atoms with Crippen LogP contribution >= 0.6 is 11.6 Å². The van der Waals surface area contributed by atoms with E-state index in [-0.39, 0.29) is 23.7 Å². The highest BCUT2D eigenvalue weighted by Crippen LogP contribution is 2.31. The third kappa shape index (κ3) is 2.06. The molecule has 0 unspecified atom stereocenters. The van der Waals surface area contributed by atoms with Gasteiger partial charge in [0.05, 0.1) is 18.6 Å². The van der Waals surface area contributed by atoms with Gasteiger partial charge >= 0.3 is 0 Å². The van der Waals surface area contributed by atoms with E-state index in [1.807, 2.05) is 0 Å². The molecule has 0 aromatic carbocycles. The molecule has 0 aromatic heterocycles. The van der Waals surface area contributed by atoms with Crippen LogP contribution in [0.2, 0.25) is 0 Å². The van der Waals surface area contributed by atoms with Crippen molar-refractivity contribution in [3.05, 3.63) is 0 Å². The van der Waals surface area contributed by atoms with E-state index in [0.717, 1.165) is 19.4 Å². The van der Waals surface area contributed by atoms with Crippen LogP contribution in [0.3, 0.4) is 0 Å². The van der Waals surface area contributed by atoms with Crippen LogP contribution in [0.4, 0.5) is 0 Å². The van der Waals surface area contributed by atoms with Crippen molar-refractivity contribution in [2.75, 3.05) is 19.8 Å². The van der Waals surface area contributed by atoms with Gasteiger partial charge in [-0.25, -0.2) is 0 Å². The number of hydrogen-bond acceptors (Lipinski definition) is 3. The molecule has 2 heterocycles. The van der Waals surface area contributed by atoms with Gasteiger partial charge in [-0.3, -0.25) is 0 Å². The second kappa shape index (κ2) is 4.79. The molecule has 2 aliphatic rings.